The number of likely N-dealkylation sites (tertiary alicyclic amines) is 1. The van der Waals surface area contributed by atoms with E-state index < -0.39 is 26.3 Å². The third-order valence-corrected chi connectivity index (χ3v) is 5.49. The van der Waals surface area contributed by atoms with Gasteiger partial charge in [-0.2, -0.15) is 0 Å². The fraction of sp³-hybridized carbons (Fsp3) is 0.417. The summed E-state index contributed by atoms with van der Waals surface area (Å²) in [5.41, 5.74) is 0. The minimum atomic E-state index is -4.21. The van der Waals surface area contributed by atoms with Crippen molar-refractivity contribution in [3.8, 4) is 5.75 Å². The van der Waals surface area contributed by atoms with E-state index >= 15 is 0 Å². The van der Waals surface area contributed by atoms with Gasteiger partial charge in [0.15, 0.2) is 6.23 Å². The topological polar surface area (TPSA) is 83.9 Å². The Morgan fingerprint density at radius 2 is 2.00 bits per heavy atom. The predicted molar refractivity (Wildman–Crippen MR) is 82.5 cm³/mol. The van der Waals surface area contributed by atoms with Crippen LogP contribution in [0.25, 0.3) is 0 Å². The van der Waals surface area contributed by atoms with Gasteiger partial charge in [0.2, 0.25) is 0 Å². The molecule has 1 aliphatic rings. The van der Waals surface area contributed by atoms with Crippen LogP contribution in [0.4, 0.5) is 4.79 Å². The number of carbonyl (C=O) groups is 1. The lowest BCUT2D eigenvalue weighted by molar-refractivity contribution is 0.00438. The monoisotopic (exact) mass is 387 g/mol. The van der Waals surface area contributed by atoms with Gasteiger partial charge in [0, 0.05) is 23.6 Å². The van der Waals surface area contributed by atoms with Crippen LogP contribution in [0.3, 0.4) is 0 Å². The van der Waals surface area contributed by atoms with Gasteiger partial charge in [-0.15, -0.1) is 0 Å². The number of benzene rings is 1. The van der Waals surface area contributed by atoms with Crippen LogP contribution in [0.15, 0.2) is 17.0 Å². The zero-order chi connectivity index (χ0) is 16.5. The lowest BCUT2D eigenvalue weighted by Gasteiger charge is -2.33. The molecule has 1 amide bonds. The van der Waals surface area contributed by atoms with Crippen molar-refractivity contribution in [1.29, 1.82) is 0 Å². The maximum Gasteiger partial charge on any atom is 0.410 e. The summed E-state index contributed by atoms with van der Waals surface area (Å²) in [5.74, 6) is -0.123. The Bertz CT molecular complexity index is 694. The zero-order valence-electron chi connectivity index (χ0n) is 11.1. The second kappa shape index (κ2) is 6.70. The van der Waals surface area contributed by atoms with Crippen LogP contribution in [0.2, 0.25) is 10.0 Å². The lowest BCUT2D eigenvalue weighted by Crippen LogP contribution is -2.46. The third-order valence-electron chi connectivity index (χ3n) is 3.21. The van der Waals surface area contributed by atoms with E-state index in [0.717, 1.165) is 11.3 Å². The number of amides is 1. The molecule has 0 aliphatic carbocycles. The quantitative estimate of drug-likeness (QED) is 0.796. The Morgan fingerprint density at radius 1 is 1.32 bits per heavy atom. The van der Waals surface area contributed by atoms with Crippen LogP contribution in [0.1, 0.15) is 19.3 Å². The summed E-state index contributed by atoms with van der Waals surface area (Å²) in [5, 5.41) is 8.92. The van der Waals surface area contributed by atoms with E-state index in [2.05, 4.69) is 0 Å². The summed E-state index contributed by atoms with van der Waals surface area (Å²) in [6, 6.07) is 2.66. The minimum absolute atomic E-state index is 0.00646. The molecule has 1 heterocycles. The Balaban J connectivity index is 2.41. The Hall–Kier alpha value is -0.890. The summed E-state index contributed by atoms with van der Waals surface area (Å²) >= 11 is 11.7. The second-order valence-electron chi connectivity index (χ2n) is 4.67. The number of halogens is 3. The average molecular weight is 389 g/mol. The second-order valence-corrected chi connectivity index (χ2v) is 7.96. The molecule has 1 aromatic rings. The van der Waals surface area contributed by atoms with Gasteiger partial charge in [0.25, 0.3) is 9.05 Å². The van der Waals surface area contributed by atoms with Gasteiger partial charge >= 0.3 is 6.09 Å². The molecule has 1 N–H and O–H groups in total. The van der Waals surface area contributed by atoms with Crippen molar-refractivity contribution in [1.82, 2.24) is 4.90 Å². The number of hydrogen-bond donors (Lipinski definition) is 1. The zero-order valence-corrected chi connectivity index (χ0v) is 14.2. The third kappa shape index (κ3) is 3.71. The maximum atomic E-state index is 11.7. The fourth-order valence-electron chi connectivity index (χ4n) is 2.22. The fourth-order valence-corrected chi connectivity index (χ4v) is 4.16. The summed E-state index contributed by atoms with van der Waals surface area (Å²) in [6.07, 6.45) is -0.0259. The largest absolute Gasteiger partial charge is 0.469 e. The van der Waals surface area contributed by atoms with Crippen molar-refractivity contribution in [2.24, 2.45) is 0 Å². The van der Waals surface area contributed by atoms with Gasteiger partial charge in [-0.1, -0.05) is 23.2 Å². The molecule has 22 heavy (non-hydrogen) atoms. The van der Waals surface area contributed by atoms with Crippen LogP contribution in [0, 0.1) is 0 Å². The van der Waals surface area contributed by atoms with Crippen LogP contribution in [-0.2, 0) is 9.05 Å². The van der Waals surface area contributed by atoms with Crippen LogP contribution >= 0.6 is 33.9 Å². The Morgan fingerprint density at radius 3 is 2.59 bits per heavy atom. The van der Waals surface area contributed by atoms with E-state index in [1.807, 2.05) is 0 Å². The van der Waals surface area contributed by atoms with Crippen molar-refractivity contribution in [3.63, 3.8) is 0 Å². The molecular weight excluding hydrogens is 377 g/mol. The van der Waals surface area contributed by atoms with Crippen LogP contribution < -0.4 is 4.74 Å². The molecule has 0 bridgehead atoms. The number of hydrogen-bond acceptors (Lipinski definition) is 4. The molecule has 1 atom stereocenters. The normalized spacial score (nSPS) is 19.0. The molecule has 0 aromatic heterocycles. The van der Waals surface area contributed by atoms with Crippen LogP contribution in [-0.4, -0.2) is 37.3 Å². The molecule has 6 nitrogen and oxygen atoms in total. The molecule has 0 saturated carbocycles. The number of rotatable bonds is 3. The first-order valence-electron chi connectivity index (χ1n) is 6.30. The molecular formula is C12H12Cl3NO5S. The summed E-state index contributed by atoms with van der Waals surface area (Å²) in [4.78, 5) is 11.9. The van der Waals surface area contributed by atoms with Gasteiger partial charge < -0.3 is 9.84 Å². The Labute approximate surface area is 141 Å². The average Bonchev–Trinajstić information content (AvgIpc) is 2.42. The molecule has 1 saturated heterocycles. The van der Waals surface area contributed by atoms with E-state index in [-0.39, 0.29) is 15.8 Å². The molecule has 0 radical (unpaired) electrons. The molecule has 1 aliphatic heterocycles. The molecule has 2 rings (SSSR count). The number of ether oxygens (including phenoxy) is 1. The highest BCUT2D eigenvalue weighted by atomic mass is 35.7. The standard InChI is InChI=1S/C12H12Cl3NO5S/c13-7-4-5-8(11(10(7)14)22(15,19)20)21-9-3-1-2-6-16(9)12(17)18/h4-5,9H,1-3,6H2,(H,17,18). The first-order valence-corrected chi connectivity index (χ1v) is 9.37. The number of carboxylic acid groups (broad SMARTS) is 1. The van der Waals surface area contributed by atoms with Crippen molar-refractivity contribution < 1.29 is 23.1 Å². The highest BCUT2D eigenvalue weighted by Crippen LogP contribution is 2.39. The van der Waals surface area contributed by atoms with Crippen molar-refractivity contribution in [2.75, 3.05) is 6.54 Å². The number of piperidine rings is 1. The predicted octanol–water partition coefficient (Wildman–Crippen LogP) is 3.79. The summed E-state index contributed by atoms with van der Waals surface area (Å²) in [6.45, 7) is 0.310. The molecule has 0 spiro atoms. The maximum absolute atomic E-state index is 11.7. The number of nitrogens with zero attached hydrogens (tertiary/aromatic N) is 1. The highest BCUT2D eigenvalue weighted by Gasteiger charge is 2.31. The van der Waals surface area contributed by atoms with Gasteiger partial charge in [-0.05, 0) is 25.0 Å². The first-order chi connectivity index (χ1) is 10.2. The van der Waals surface area contributed by atoms with Crippen molar-refractivity contribution in [2.45, 2.75) is 30.4 Å². The van der Waals surface area contributed by atoms with Gasteiger partial charge in [0.05, 0.1) is 10.0 Å². The SMILES string of the molecule is O=C(O)N1CCCCC1Oc1ccc(Cl)c(Cl)c1S(=O)(=O)Cl. The minimum Gasteiger partial charge on any atom is -0.469 e. The summed E-state index contributed by atoms with van der Waals surface area (Å²) in [7, 11) is 1.17. The van der Waals surface area contributed by atoms with Crippen molar-refractivity contribution in [3.05, 3.63) is 22.2 Å². The molecule has 10 heteroatoms. The van der Waals surface area contributed by atoms with Crippen molar-refractivity contribution >= 4 is 49.0 Å². The van der Waals surface area contributed by atoms with E-state index in [4.69, 9.17) is 43.7 Å². The van der Waals surface area contributed by atoms with E-state index in [1.54, 1.807) is 0 Å². The van der Waals surface area contributed by atoms with Gasteiger partial charge in [-0.3, -0.25) is 4.90 Å². The van der Waals surface area contributed by atoms with Crippen LogP contribution in [0.5, 0.6) is 5.75 Å². The highest BCUT2D eigenvalue weighted by molar-refractivity contribution is 8.14. The van der Waals surface area contributed by atoms with E-state index in [0.29, 0.717) is 19.4 Å². The molecule has 1 unspecified atom stereocenters. The molecule has 1 aromatic carbocycles. The smallest absolute Gasteiger partial charge is 0.410 e. The molecule has 1 fully saturated rings. The van der Waals surface area contributed by atoms with E-state index in [9.17, 15) is 13.2 Å². The van der Waals surface area contributed by atoms with Gasteiger partial charge in [0.1, 0.15) is 10.6 Å². The lowest BCUT2D eigenvalue weighted by atomic mass is 10.1. The Kier molecular flexibility index (Phi) is 5.32. The van der Waals surface area contributed by atoms with E-state index in [1.165, 1.54) is 12.1 Å². The van der Waals surface area contributed by atoms with Gasteiger partial charge in [-0.25, -0.2) is 13.2 Å². The summed E-state index contributed by atoms with van der Waals surface area (Å²) < 4.78 is 29.0. The first kappa shape index (κ1) is 17.5. The molecule has 122 valence electrons.